The van der Waals surface area contributed by atoms with Crippen LogP contribution in [0.25, 0.3) is 6.08 Å². The number of nitrogens with zero attached hydrogens (tertiary/aromatic N) is 1. The van der Waals surface area contributed by atoms with Crippen LogP contribution in [0.15, 0.2) is 37.6 Å². The lowest BCUT2D eigenvalue weighted by Gasteiger charge is -2.36. The number of halogens is 1. The molecular weight excluding hydrogens is 239 g/mol. The quantitative estimate of drug-likeness (QED) is 0.840. The van der Waals surface area contributed by atoms with Crippen LogP contribution in [0.1, 0.15) is 37.4 Å². The van der Waals surface area contributed by atoms with Crippen LogP contribution in [0, 0.1) is 0 Å². The number of pyridine rings is 1. The zero-order valence-electron chi connectivity index (χ0n) is 11.8. The Morgan fingerprint density at radius 3 is 2.84 bits per heavy atom. The third kappa shape index (κ3) is 3.51. The fourth-order valence-electron chi connectivity index (χ4n) is 2.30. The van der Waals surface area contributed by atoms with E-state index in [4.69, 9.17) is 0 Å². The summed E-state index contributed by atoms with van der Waals surface area (Å²) in [5, 5.41) is 3.23. The van der Waals surface area contributed by atoms with Gasteiger partial charge in [0, 0.05) is 18.7 Å². The Balaban J connectivity index is 0.000000861. The molecule has 0 amide bonds. The number of rotatable bonds is 3. The lowest BCUT2D eigenvalue weighted by Crippen LogP contribution is -2.44. The molecule has 2 atom stereocenters. The maximum absolute atomic E-state index is 14.7. The first kappa shape index (κ1) is 15.6. The van der Waals surface area contributed by atoms with E-state index in [2.05, 4.69) is 23.5 Å². The molecule has 2 heterocycles. The maximum atomic E-state index is 14.7. The topological polar surface area (TPSA) is 24.9 Å². The van der Waals surface area contributed by atoms with Crippen LogP contribution in [-0.4, -0.2) is 23.7 Å². The molecule has 1 N–H and O–H groups in total. The van der Waals surface area contributed by atoms with Gasteiger partial charge in [0.1, 0.15) is 5.67 Å². The molecule has 19 heavy (non-hydrogen) atoms. The fourth-order valence-corrected chi connectivity index (χ4v) is 2.30. The van der Waals surface area contributed by atoms with E-state index in [1.54, 1.807) is 12.3 Å². The molecule has 1 saturated heterocycles. The van der Waals surface area contributed by atoms with Gasteiger partial charge in [-0.2, -0.15) is 0 Å². The minimum absolute atomic E-state index is 0.199. The van der Waals surface area contributed by atoms with Crippen LogP contribution >= 0.6 is 0 Å². The second-order valence-electron chi connectivity index (χ2n) is 4.36. The number of nitrogens with one attached hydrogen (secondary N) is 1. The van der Waals surface area contributed by atoms with Crippen molar-refractivity contribution in [2.45, 2.75) is 31.9 Å². The lowest BCUT2D eigenvalue weighted by molar-refractivity contribution is 0.143. The zero-order chi connectivity index (χ0) is 14.3. The van der Waals surface area contributed by atoms with E-state index in [0.29, 0.717) is 19.5 Å². The van der Waals surface area contributed by atoms with Crippen molar-refractivity contribution < 1.29 is 4.39 Å². The molecule has 0 aromatic carbocycles. The van der Waals surface area contributed by atoms with E-state index in [0.717, 1.165) is 11.3 Å². The average Bonchev–Trinajstić information content (AvgIpc) is 2.50. The summed E-state index contributed by atoms with van der Waals surface area (Å²) in [5.74, 6) is -0.199. The molecule has 0 bridgehead atoms. The Morgan fingerprint density at radius 2 is 2.21 bits per heavy atom. The predicted octanol–water partition coefficient (Wildman–Crippen LogP) is 3.72. The number of allylic oxidation sites excluding steroid dienone is 1. The van der Waals surface area contributed by atoms with E-state index in [1.807, 2.05) is 26.0 Å². The molecule has 2 rings (SSSR count). The van der Waals surface area contributed by atoms with Crippen LogP contribution in [0.3, 0.4) is 0 Å². The summed E-state index contributed by atoms with van der Waals surface area (Å²) >= 11 is 0. The van der Waals surface area contributed by atoms with Gasteiger partial charge in [-0.15, -0.1) is 0 Å². The molecule has 2 nitrogen and oxygen atoms in total. The Bertz CT molecular complexity index is 431. The van der Waals surface area contributed by atoms with Crippen molar-refractivity contribution in [1.29, 1.82) is 0 Å². The molecule has 104 valence electrons. The lowest BCUT2D eigenvalue weighted by atomic mass is 9.79. The van der Waals surface area contributed by atoms with Gasteiger partial charge in [0.05, 0.1) is 5.69 Å². The molecule has 2 unspecified atom stereocenters. The summed E-state index contributed by atoms with van der Waals surface area (Å²) in [5.41, 5.74) is 0.398. The van der Waals surface area contributed by atoms with Gasteiger partial charge in [-0.25, -0.2) is 4.39 Å². The van der Waals surface area contributed by atoms with Gasteiger partial charge in [-0.05, 0) is 36.7 Å². The monoisotopic (exact) mass is 262 g/mol. The summed E-state index contributed by atoms with van der Waals surface area (Å²) in [4.78, 5) is 4.14. The molecular formula is C16H23FN2. The fraction of sp³-hybridized carbons (Fsp3) is 0.438. The summed E-state index contributed by atoms with van der Waals surface area (Å²) in [6.07, 6.45) is 5.28. The van der Waals surface area contributed by atoms with Crippen molar-refractivity contribution in [2.75, 3.05) is 13.1 Å². The highest BCUT2D eigenvalue weighted by Crippen LogP contribution is 2.37. The van der Waals surface area contributed by atoms with Crippen molar-refractivity contribution in [3.05, 3.63) is 48.8 Å². The minimum atomic E-state index is -1.33. The van der Waals surface area contributed by atoms with Crippen LogP contribution in [0.2, 0.25) is 0 Å². The molecule has 1 aliphatic heterocycles. The number of hydrogen-bond donors (Lipinski definition) is 1. The van der Waals surface area contributed by atoms with Gasteiger partial charge >= 0.3 is 0 Å². The first-order valence-corrected chi connectivity index (χ1v) is 6.81. The van der Waals surface area contributed by atoms with E-state index in [9.17, 15) is 4.39 Å². The van der Waals surface area contributed by atoms with Crippen molar-refractivity contribution in [3.63, 3.8) is 0 Å². The first-order valence-electron chi connectivity index (χ1n) is 6.81. The highest BCUT2D eigenvalue weighted by Gasteiger charge is 2.39. The Kier molecular flexibility index (Phi) is 5.90. The first-order chi connectivity index (χ1) is 9.19. The SMILES string of the molecule is C=Cc1cc(C2CNCCC2(F)C=C)ccn1.CC. The normalized spacial score (nSPS) is 25.9. The van der Waals surface area contributed by atoms with Crippen molar-refractivity contribution in [1.82, 2.24) is 10.3 Å². The molecule has 0 saturated carbocycles. The van der Waals surface area contributed by atoms with Crippen LogP contribution in [-0.2, 0) is 0 Å². The highest BCUT2D eigenvalue weighted by molar-refractivity contribution is 5.44. The summed E-state index contributed by atoms with van der Waals surface area (Å²) in [7, 11) is 0. The van der Waals surface area contributed by atoms with Crippen molar-refractivity contribution >= 4 is 6.08 Å². The number of aromatic nitrogens is 1. The zero-order valence-corrected chi connectivity index (χ0v) is 11.8. The molecule has 3 heteroatoms. The van der Waals surface area contributed by atoms with Gasteiger partial charge in [-0.3, -0.25) is 4.98 Å². The van der Waals surface area contributed by atoms with Gasteiger partial charge in [0.25, 0.3) is 0 Å². The number of hydrogen-bond acceptors (Lipinski definition) is 2. The molecule has 1 fully saturated rings. The minimum Gasteiger partial charge on any atom is -0.316 e. The summed E-state index contributed by atoms with van der Waals surface area (Å²) < 4.78 is 14.7. The standard InChI is InChI=1S/C14H17FN2.C2H6/c1-3-12-9-11(5-7-17-12)13-10-16-8-6-14(13,15)4-2;1-2/h3-5,7,9,13,16H,1-2,6,8,10H2;1-2H3. The van der Waals surface area contributed by atoms with Gasteiger partial charge < -0.3 is 5.32 Å². The Hall–Kier alpha value is -1.48. The smallest absolute Gasteiger partial charge is 0.138 e. The highest BCUT2D eigenvalue weighted by atomic mass is 19.1. The molecule has 0 radical (unpaired) electrons. The largest absolute Gasteiger partial charge is 0.316 e. The number of alkyl halides is 1. The van der Waals surface area contributed by atoms with Gasteiger partial charge in [0.15, 0.2) is 0 Å². The van der Waals surface area contributed by atoms with E-state index in [-0.39, 0.29) is 5.92 Å². The number of piperidine rings is 1. The molecule has 1 aromatic heterocycles. The van der Waals surface area contributed by atoms with Crippen LogP contribution in [0.4, 0.5) is 4.39 Å². The van der Waals surface area contributed by atoms with Gasteiger partial charge in [0.2, 0.25) is 0 Å². The van der Waals surface area contributed by atoms with Crippen LogP contribution in [0.5, 0.6) is 0 Å². The molecule has 1 aliphatic rings. The second kappa shape index (κ2) is 7.19. The Labute approximate surface area is 115 Å². The predicted molar refractivity (Wildman–Crippen MR) is 79.9 cm³/mol. The maximum Gasteiger partial charge on any atom is 0.138 e. The van der Waals surface area contributed by atoms with Crippen molar-refractivity contribution in [3.8, 4) is 0 Å². The van der Waals surface area contributed by atoms with E-state index in [1.165, 1.54) is 6.08 Å². The summed E-state index contributed by atoms with van der Waals surface area (Å²) in [6.45, 7) is 12.6. The van der Waals surface area contributed by atoms with E-state index < -0.39 is 5.67 Å². The van der Waals surface area contributed by atoms with Crippen molar-refractivity contribution in [2.24, 2.45) is 0 Å². The molecule has 0 spiro atoms. The third-order valence-corrected chi connectivity index (χ3v) is 3.37. The third-order valence-electron chi connectivity index (χ3n) is 3.37. The second-order valence-corrected chi connectivity index (χ2v) is 4.36. The van der Waals surface area contributed by atoms with E-state index >= 15 is 0 Å². The van der Waals surface area contributed by atoms with Gasteiger partial charge in [-0.1, -0.05) is 33.1 Å². The molecule has 0 aliphatic carbocycles. The Morgan fingerprint density at radius 1 is 1.47 bits per heavy atom. The summed E-state index contributed by atoms with van der Waals surface area (Å²) in [6, 6.07) is 3.75. The van der Waals surface area contributed by atoms with Crippen LogP contribution < -0.4 is 5.32 Å². The molecule has 1 aromatic rings. The average molecular weight is 262 g/mol.